The summed E-state index contributed by atoms with van der Waals surface area (Å²) in [4.78, 5) is 0. The van der Waals surface area contributed by atoms with E-state index in [0.29, 0.717) is 11.7 Å². The Morgan fingerprint density at radius 3 is 1.95 bits per heavy atom. The third-order valence-corrected chi connectivity index (χ3v) is 3.65. The van der Waals surface area contributed by atoms with Crippen molar-refractivity contribution in [1.82, 2.24) is 5.32 Å². The van der Waals surface area contributed by atoms with Crippen LogP contribution in [-0.2, 0) is 6.54 Å². The maximum Gasteiger partial charge on any atom is 0.115 e. The second kappa shape index (κ2) is 6.58. The fourth-order valence-electron chi connectivity index (χ4n) is 2.17. The van der Waals surface area contributed by atoms with Gasteiger partial charge in [0.15, 0.2) is 0 Å². The maximum absolute atomic E-state index is 9.30. The van der Waals surface area contributed by atoms with Gasteiger partial charge in [-0.25, -0.2) is 0 Å². The molecule has 0 fully saturated rings. The number of rotatable bonds is 5. The van der Waals surface area contributed by atoms with E-state index in [9.17, 15) is 5.11 Å². The third-order valence-electron chi connectivity index (χ3n) is 3.65. The van der Waals surface area contributed by atoms with Crippen molar-refractivity contribution in [2.45, 2.75) is 39.3 Å². The molecule has 0 saturated carbocycles. The molecule has 2 heteroatoms. The summed E-state index contributed by atoms with van der Waals surface area (Å²) in [5.41, 5.74) is 3.85. The van der Waals surface area contributed by atoms with E-state index in [-0.39, 0.29) is 6.04 Å². The molecule has 1 atom stereocenters. The monoisotopic (exact) mass is 269 g/mol. The molecule has 0 aliphatic heterocycles. The molecule has 20 heavy (non-hydrogen) atoms. The fraction of sp³-hybridized carbons (Fsp3) is 0.333. The summed E-state index contributed by atoms with van der Waals surface area (Å²) in [5.74, 6) is 0.887. The molecule has 0 radical (unpaired) electrons. The molecule has 106 valence electrons. The number of aromatic hydroxyl groups is 1. The Bertz CT molecular complexity index is 528. The number of hydrogen-bond acceptors (Lipinski definition) is 2. The molecule has 2 nitrogen and oxygen atoms in total. The first kappa shape index (κ1) is 14.6. The Morgan fingerprint density at radius 2 is 1.40 bits per heavy atom. The predicted molar refractivity (Wildman–Crippen MR) is 83.9 cm³/mol. The van der Waals surface area contributed by atoms with Crippen LogP contribution in [0.3, 0.4) is 0 Å². The zero-order chi connectivity index (χ0) is 14.5. The van der Waals surface area contributed by atoms with Crippen molar-refractivity contribution in [2.75, 3.05) is 0 Å². The van der Waals surface area contributed by atoms with Crippen LogP contribution < -0.4 is 5.32 Å². The lowest BCUT2D eigenvalue weighted by atomic mass is 10.0. The highest BCUT2D eigenvalue weighted by Gasteiger charge is 2.05. The van der Waals surface area contributed by atoms with Gasteiger partial charge in [0, 0.05) is 12.6 Å². The summed E-state index contributed by atoms with van der Waals surface area (Å²) in [6.45, 7) is 7.40. The van der Waals surface area contributed by atoms with Gasteiger partial charge in [-0.3, -0.25) is 0 Å². The van der Waals surface area contributed by atoms with Crippen molar-refractivity contribution in [3.8, 4) is 5.75 Å². The molecular formula is C18H23NO. The van der Waals surface area contributed by atoms with E-state index in [4.69, 9.17) is 0 Å². The van der Waals surface area contributed by atoms with E-state index < -0.39 is 0 Å². The number of nitrogens with one attached hydrogen (secondary N) is 1. The highest BCUT2D eigenvalue weighted by molar-refractivity contribution is 5.28. The van der Waals surface area contributed by atoms with Crippen molar-refractivity contribution >= 4 is 0 Å². The maximum atomic E-state index is 9.30. The van der Waals surface area contributed by atoms with Gasteiger partial charge in [0.25, 0.3) is 0 Å². The van der Waals surface area contributed by atoms with Crippen LogP contribution in [-0.4, -0.2) is 5.11 Å². The standard InChI is InChI=1S/C18H23NO/c1-13(2)16-6-4-15(5-7-16)12-19-14(3)17-8-10-18(20)11-9-17/h4-11,13-14,19-20H,12H2,1-3H3. The van der Waals surface area contributed by atoms with Gasteiger partial charge >= 0.3 is 0 Å². The Morgan fingerprint density at radius 1 is 0.850 bits per heavy atom. The van der Waals surface area contributed by atoms with Crippen molar-refractivity contribution < 1.29 is 5.11 Å². The van der Waals surface area contributed by atoms with Crippen LogP contribution in [0.25, 0.3) is 0 Å². The Balaban J connectivity index is 1.92. The number of hydrogen-bond donors (Lipinski definition) is 2. The van der Waals surface area contributed by atoms with Gasteiger partial charge in [0.05, 0.1) is 0 Å². The zero-order valence-corrected chi connectivity index (χ0v) is 12.4. The quantitative estimate of drug-likeness (QED) is 0.845. The fourth-order valence-corrected chi connectivity index (χ4v) is 2.17. The molecule has 0 bridgehead atoms. The van der Waals surface area contributed by atoms with Crippen LogP contribution in [0.2, 0.25) is 0 Å². The van der Waals surface area contributed by atoms with Crippen molar-refractivity contribution in [3.63, 3.8) is 0 Å². The van der Waals surface area contributed by atoms with Gasteiger partial charge in [-0.2, -0.15) is 0 Å². The highest BCUT2D eigenvalue weighted by atomic mass is 16.3. The van der Waals surface area contributed by atoms with Crippen LogP contribution in [0, 0.1) is 0 Å². The molecule has 0 aliphatic rings. The molecule has 0 aliphatic carbocycles. The lowest BCUT2D eigenvalue weighted by Gasteiger charge is -2.15. The average Bonchev–Trinajstić information content (AvgIpc) is 2.46. The second-order valence-electron chi connectivity index (χ2n) is 5.59. The Kier molecular flexibility index (Phi) is 4.80. The SMILES string of the molecule is CC(C)c1ccc(CNC(C)c2ccc(O)cc2)cc1. The molecule has 2 N–H and O–H groups in total. The molecule has 0 amide bonds. The lowest BCUT2D eigenvalue weighted by molar-refractivity contribution is 0.474. The number of phenols is 1. The summed E-state index contributed by atoms with van der Waals surface area (Å²) in [7, 11) is 0. The minimum Gasteiger partial charge on any atom is -0.508 e. The Hall–Kier alpha value is -1.80. The van der Waals surface area contributed by atoms with Crippen molar-refractivity contribution in [1.29, 1.82) is 0 Å². The summed E-state index contributed by atoms with van der Waals surface area (Å²) in [6, 6.07) is 16.4. The molecular weight excluding hydrogens is 246 g/mol. The smallest absolute Gasteiger partial charge is 0.115 e. The number of phenolic OH excluding ortho intramolecular Hbond substituents is 1. The first-order valence-electron chi connectivity index (χ1n) is 7.17. The van der Waals surface area contributed by atoms with Gasteiger partial charge < -0.3 is 10.4 Å². The molecule has 0 heterocycles. The number of benzene rings is 2. The molecule has 0 saturated heterocycles. The van der Waals surface area contributed by atoms with E-state index in [2.05, 4.69) is 50.4 Å². The first-order chi connectivity index (χ1) is 9.56. The minimum atomic E-state index is 0.264. The summed E-state index contributed by atoms with van der Waals surface area (Å²) in [6.07, 6.45) is 0. The molecule has 1 unspecified atom stereocenters. The summed E-state index contributed by atoms with van der Waals surface area (Å²) < 4.78 is 0. The predicted octanol–water partition coefficient (Wildman–Crippen LogP) is 4.37. The largest absolute Gasteiger partial charge is 0.508 e. The van der Waals surface area contributed by atoms with Gasteiger partial charge in [-0.15, -0.1) is 0 Å². The van der Waals surface area contributed by atoms with Crippen LogP contribution in [0.4, 0.5) is 0 Å². The lowest BCUT2D eigenvalue weighted by Crippen LogP contribution is -2.17. The van der Waals surface area contributed by atoms with E-state index in [1.165, 1.54) is 16.7 Å². The van der Waals surface area contributed by atoms with Crippen LogP contribution in [0.5, 0.6) is 5.75 Å². The third kappa shape index (κ3) is 3.84. The van der Waals surface area contributed by atoms with E-state index in [1.54, 1.807) is 12.1 Å². The van der Waals surface area contributed by atoms with Crippen LogP contribution in [0.15, 0.2) is 48.5 Å². The molecule has 2 rings (SSSR count). The normalized spacial score (nSPS) is 12.6. The van der Waals surface area contributed by atoms with E-state index >= 15 is 0 Å². The van der Waals surface area contributed by atoms with Gasteiger partial charge in [-0.1, -0.05) is 50.2 Å². The first-order valence-corrected chi connectivity index (χ1v) is 7.17. The topological polar surface area (TPSA) is 32.3 Å². The van der Waals surface area contributed by atoms with Crippen LogP contribution in [0.1, 0.15) is 49.4 Å². The van der Waals surface area contributed by atoms with E-state index in [0.717, 1.165) is 6.54 Å². The van der Waals surface area contributed by atoms with Gasteiger partial charge in [0.1, 0.15) is 5.75 Å². The van der Waals surface area contributed by atoms with Crippen molar-refractivity contribution in [2.24, 2.45) is 0 Å². The molecule has 2 aromatic carbocycles. The molecule has 2 aromatic rings. The zero-order valence-electron chi connectivity index (χ0n) is 12.4. The molecule has 0 spiro atoms. The summed E-state index contributed by atoms with van der Waals surface area (Å²) >= 11 is 0. The molecule has 0 aromatic heterocycles. The van der Waals surface area contributed by atoms with Gasteiger partial charge in [-0.05, 0) is 41.7 Å². The highest BCUT2D eigenvalue weighted by Crippen LogP contribution is 2.18. The van der Waals surface area contributed by atoms with Crippen molar-refractivity contribution in [3.05, 3.63) is 65.2 Å². The second-order valence-corrected chi connectivity index (χ2v) is 5.59. The van der Waals surface area contributed by atoms with Gasteiger partial charge in [0.2, 0.25) is 0 Å². The average molecular weight is 269 g/mol. The summed E-state index contributed by atoms with van der Waals surface area (Å²) in [5, 5.41) is 12.8. The van der Waals surface area contributed by atoms with Crippen LogP contribution >= 0.6 is 0 Å². The van der Waals surface area contributed by atoms with E-state index in [1.807, 2.05) is 12.1 Å². The minimum absolute atomic E-state index is 0.264. The Labute approximate surface area is 121 Å².